The van der Waals surface area contributed by atoms with Crippen LogP contribution in [0, 0.1) is 0 Å². The van der Waals surface area contributed by atoms with E-state index in [1.54, 1.807) is 38.3 Å². The highest BCUT2D eigenvalue weighted by Gasteiger charge is 2.45. The molecule has 0 aliphatic carbocycles. The minimum Gasteiger partial charge on any atom is -0.496 e. The molecule has 0 spiro atoms. The molecule has 4 N–H and O–H groups in total. The summed E-state index contributed by atoms with van der Waals surface area (Å²) in [6.07, 6.45) is 2.43. The maximum atomic E-state index is 13.3. The number of carbonyl (C=O) groups excluding carboxylic acids is 5. The van der Waals surface area contributed by atoms with E-state index in [0.29, 0.717) is 48.8 Å². The monoisotopic (exact) mass is 789 g/mol. The molecule has 3 aliphatic rings. The van der Waals surface area contributed by atoms with E-state index < -0.39 is 29.7 Å². The number of carbonyl (C=O) groups is 6. The number of hydrogen-bond acceptors (Lipinski definition) is 12. The molecule has 1 atom stereocenters. The van der Waals surface area contributed by atoms with Crippen LogP contribution in [0.3, 0.4) is 0 Å². The Morgan fingerprint density at radius 1 is 0.982 bits per heavy atom. The van der Waals surface area contributed by atoms with Gasteiger partial charge < -0.3 is 44.3 Å². The van der Waals surface area contributed by atoms with Gasteiger partial charge in [0.2, 0.25) is 11.8 Å². The quantitative estimate of drug-likeness (QED) is 0.110. The largest absolute Gasteiger partial charge is 0.496 e. The molecule has 3 aliphatic heterocycles. The number of anilines is 1. The molecule has 0 bridgehead atoms. The van der Waals surface area contributed by atoms with Gasteiger partial charge >= 0.3 is 6.03 Å². The Hall–Kier alpha value is -6.27. The Morgan fingerprint density at radius 3 is 2.32 bits per heavy atom. The highest BCUT2D eigenvalue weighted by Crippen LogP contribution is 2.38. The van der Waals surface area contributed by atoms with Crippen molar-refractivity contribution >= 4 is 41.8 Å². The summed E-state index contributed by atoms with van der Waals surface area (Å²) in [4.78, 5) is 89.7. The normalized spacial score (nSPS) is 16.0. The minimum atomic E-state index is -1.05. The van der Waals surface area contributed by atoms with Crippen LogP contribution in [0.4, 0.5) is 10.5 Å². The smallest absolute Gasteiger partial charge is 0.317 e. The number of hydrogen-bond donors (Lipinski definition) is 4. The van der Waals surface area contributed by atoms with Gasteiger partial charge in [-0.25, -0.2) is 4.79 Å². The molecule has 57 heavy (non-hydrogen) atoms. The van der Waals surface area contributed by atoms with Crippen LogP contribution in [-0.2, 0) is 45.7 Å². The lowest BCUT2D eigenvalue weighted by atomic mass is 9.91. The Balaban J connectivity index is 0.00000200. The van der Waals surface area contributed by atoms with E-state index in [-0.39, 0.29) is 68.3 Å². The number of urea groups is 1. The maximum Gasteiger partial charge on any atom is 0.317 e. The lowest BCUT2D eigenvalue weighted by molar-refractivity contribution is -0.136. The molecule has 18 heteroatoms. The molecule has 2 aromatic carbocycles. The van der Waals surface area contributed by atoms with Crippen LogP contribution in [-0.4, -0.2) is 128 Å². The summed E-state index contributed by atoms with van der Waals surface area (Å²) in [5.74, 6) is -0.909. The fourth-order valence-electron chi connectivity index (χ4n) is 7.20. The molecule has 304 valence electrons. The molecule has 6 amide bonds. The Bertz CT molecular complexity index is 2090. The molecule has 3 aromatic rings. The molecular weight excluding hydrogens is 742 g/mol. The number of carboxylic acid groups (broad SMARTS) is 1. The number of pyridine rings is 1. The van der Waals surface area contributed by atoms with Crippen molar-refractivity contribution in [1.82, 2.24) is 29.9 Å². The minimum absolute atomic E-state index is 0.0410. The van der Waals surface area contributed by atoms with E-state index in [1.165, 1.54) is 10.6 Å². The van der Waals surface area contributed by atoms with Gasteiger partial charge in [-0.15, -0.1) is 0 Å². The van der Waals surface area contributed by atoms with E-state index in [2.05, 4.69) is 16.0 Å². The van der Waals surface area contributed by atoms with Crippen molar-refractivity contribution in [2.45, 2.75) is 38.4 Å². The average Bonchev–Trinajstić information content (AvgIpc) is 3.44. The van der Waals surface area contributed by atoms with Gasteiger partial charge in [-0.05, 0) is 62.3 Å². The van der Waals surface area contributed by atoms with Gasteiger partial charge in [0.1, 0.15) is 17.5 Å². The molecular formula is C39H47N7O11. The number of benzene rings is 2. The number of ether oxygens (including phenoxy) is 3. The number of nitrogens with zero attached hydrogens (tertiary/aromatic N) is 4. The maximum absolute atomic E-state index is 13.3. The molecule has 1 fully saturated rings. The number of fused-ring (bicyclic) bond motifs is 2. The molecule has 18 nitrogen and oxygen atoms in total. The lowest BCUT2D eigenvalue weighted by Crippen LogP contribution is -2.54. The van der Waals surface area contributed by atoms with Crippen LogP contribution >= 0.6 is 0 Å². The van der Waals surface area contributed by atoms with Gasteiger partial charge in [0.25, 0.3) is 23.8 Å². The summed E-state index contributed by atoms with van der Waals surface area (Å²) >= 11 is 0. The number of amides is 6. The van der Waals surface area contributed by atoms with Gasteiger partial charge in [-0.2, -0.15) is 0 Å². The zero-order valence-corrected chi connectivity index (χ0v) is 32.5. The second-order valence-electron chi connectivity index (χ2n) is 13.7. The first kappa shape index (κ1) is 41.9. The first-order valence-corrected chi connectivity index (χ1v) is 18.2. The Kier molecular flexibility index (Phi) is 13.7. The van der Waals surface area contributed by atoms with Gasteiger partial charge in [-0.1, -0.05) is 6.07 Å². The van der Waals surface area contributed by atoms with E-state index in [0.717, 1.165) is 27.2 Å². The number of piperidine rings is 1. The van der Waals surface area contributed by atoms with Crippen LogP contribution in [0.15, 0.2) is 41.3 Å². The number of nitrogens with one attached hydrogen (secondary N) is 3. The van der Waals surface area contributed by atoms with E-state index in [9.17, 15) is 28.8 Å². The molecule has 1 unspecified atom stereocenters. The summed E-state index contributed by atoms with van der Waals surface area (Å²) in [6.45, 7) is 1.93. The van der Waals surface area contributed by atoms with E-state index in [1.807, 2.05) is 37.3 Å². The number of rotatable bonds is 13. The van der Waals surface area contributed by atoms with E-state index in [4.69, 9.17) is 24.1 Å². The van der Waals surface area contributed by atoms with Crippen molar-refractivity contribution in [3.05, 3.63) is 74.7 Å². The predicted molar refractivity (Wildman–Crippen MR) is 206 cm³/mol. The first-order valence-electron chi connectivity index (χ1n) is 18.2. The topological polar surface area (TPSA) is 218 Å². The zero-order valence-electron chi connectivity index (χ0n) is 32.5. The Labute approximate surface area is 328 Å². The number of aromatic nitrogens is 1. The SMILES string of the molecule is COc1cc(-c2cn(C)c(=O)c3c2CCN(C(=O)NCCOCCNc2cccc4c2C(=O)N(C2CCC(=O)NC2=O)C4=O)C3)cc(OC)c1CN(C)C.O=CO. The van der Waals surface area contributed by atoms with Crippen LogP contribution < -0.4 is 31.0 Å². The number of aryl methyl sites for hydroxylation is 1. The fourth-order valence-corrected chi connectivity index (χ4v) is 7.20. The third kappa shape index (κ3) is 9.08. The summed E-state index contributed by atoms with van der Waals surface area (Å²) < 4.78 is 18.7. The van der Waals surface area contributed by atoms with Crippen LogP contribution in [0.5, 0.6) is 11.5 Å². The molecule has 1 saturated heterocycles. The highest BCUT2D eigenvalue weighted by molar-refractivity contribution is 6.25. The predicted octanol–water partition coefficient (Wildman–Crippen LogP) is 1.43. The van der Waals surface area contributed by atoms with Gasteiger partial charge in [0, 0.05) is 62.7 Å². The molecule has 1 aromatic heterocycles. The average molecular weight is 790 g/mol. The van der Waals surface area contributed by atoms with Crippen molar-refractivity contribution in [2.24, 2.45) is 7.05 Å². The van der Waals surface area contributed by atoms with Crippen molar-refractivity contribution in [3.63, 3.8) is 0 Å². The van der Waals surface area contributed by atoms with Crippen molar-refractivity contribution in [3.8, 4) is 22.6 Å². The molecule has 0 saturated carbocycles. The van der Waals surface area contributed by atoms with Gasteiger partial charge in [0.05, 0.1) is 50.7 Å². The zero-order chi connectivity index (χ0) is 41.4. The van der Waals surface area contributed by atoms with Gasteiger partial charge in [-0.3, -0.25) is 39.0 Å². The van der Waals surface area contributed by atoms with Crippen molar-refractivity contribution in [1.29, 1.82) is 0 Å². The summed E-state index contributed by atoms with van der Waals surface area (Å²) in [7, 11) is 8.89. The fraction of sp³-hybridized carbons (Fsp3) is 0.410. The second-order valence-corrected chi connectivity index (χ2v) is 13.7. The van der Waals surface area contributed by atoms with Gasteiger partial charge in [0.15, 0.2) is 0 Å². The van der Waals surface area contributed by atoms with Crippen LogP contribution in [0.25, 0.3) is 11.1 Å². The summed E-state index contributed by atoms with van der Waals surface area (Å²) in [6, 6.07) is 7.40. The summed E-state index contributed by atoms with van der Waals surface area (Å²) in [5.41, 5.74) is 4.72. The van der Waals surface area contributed by atoms with Crippen LogP contribution in [0.1, 0.15) is 50.2 Å². The number of imide groups is 2. The Morgan fingerprint density at radius 2 is 1.67 bits per heavy atom. The number of methoxy groups -OCH3 is 2. The summed E-state index contributed by atoms with van der Waals surface area (Å²) in [5, 5.41) is 15.1. The lowest BCUT2D eigenvalue weighted by Gasteiger charge is -2.30. The molecule has 0 radical (unpaired) electrons. The first-order chi connectivity index (χ1) is 27.3. The second kappa shape index (κ2) is 18.6. The third-order valence-corrected chi connectivity index (χ3v) is 9.80. The van der Waals surface area contributed by atoms with Crippen molar-refractivity contribution in [2.75, 3.05) is 66.5 Å². The molecule has 4 heterocycles. The van der Waals surface area contributed by atoms with Crippen LogP contribution in [0.2, 0.25) is 0 Å². The van der Waals surface area contributed by atoms with E-state index >= 15 is 0 Å². The van der Waals surface area contributed by atoms with Crippen molar-refractivity contribution < 1.29 is 48.1 Å². The third-order valence-electron chi connectivity index (χ3n) is 9.80. The highest BCUT2D eigenvalue weighted by atomic mass is 16.5. The molecule has 6 rings (SSSR count). The standard InChI is InChI=1S/C38H45N7O9.CH2O2/c1-42(2)19-27-30(52-4)17-22(18-31(27)53-5)25-20-43(3)35(48)26-21-44(14-11-23(25)26)38(51)40-13-16-54-15-12-39-28-8-6-7-24-33(28)37(50)45(36(24)49)29-9-10-32(46)41-34(29)47;2-1-3/h6-8,17-18,20,29,39H,9-16,19,21H2,1-5H3,(H,40,51)(H,41,46,47);1H,(H,2,3).